The molecule has 0 aromatic heterocycles. The molecule has 0 unspecified atom stereocenters. The number of benzene rings is 1. The number of rotatable bonds is 5. The lowest BCUT2D eigenvalue weighted by Gasteiger charge is -2.26. The van der Waals surface area contributed by atoms with Gasteiger partial charge in [0.2, 0.25) is 0 Å². The Morgan fingerprint density at radius 1 is 1.26 bits per heavy atom. The van der Waals surface area contributed by atoms with Crippen molar-refractivity contribution in [2.45, 2.75) is 13.3 Å². The van der Waals surface area contributed by atoms with Crippen LogP contribution in [0.1, 0.15) is 12.0 Å². The summed E-state index contributed by atoms with van der Waals surface area (Å²) in [5.74, 6) is -1.26. The molecular formula is C16H22BrN3O3. The van der Waals surface area contributed by atoms with Gasteiger partial charge in [0, 0.05) is 24.1 Å². The van der Waals surface area contributed by atoms with Crippen molar-refractivity contribution in [1.82, 2.24) is 10.2 Å². The fraction of sp³-hybridized carbons (Fsp3) is 0.500. The number of hydrogen-bond acceptors (Lipinski definition) is 4. The summed E-state index contributed by atoms with van der Waals surface area (Å²) >= 11 is 3.37. The van der Waals surface area contributed by atoms with Crippen LogP contribution in [-0.4, -0.2) is 56.1 Å². The SMILES string of the molecule is Cc1ccc(NC(=O)C(=O)NCCCN2CCOCC2)c(Br)c1. The standard InChI is InChI=1S/C16H22BrN3O3/c1-12-3-4-14(13(17)11-12)19-16(22)15(21)18-5-2-6-20-7-9-23-10-8-20/h3-4,11H,2,5-10H2,1H3,(H,18,21)(H,19,22). The van der Waals surface area contributed by atoms with Crippen LogP contribution in [0, 0.1) is 6.92 Å². The molecule has 1 aromatic rings. The lowest BCUT2D eigenvalue weighted by atomic mass is 10.2. The van der Waals surface area contributed by atoms with Gasteiger partial charge in [-0.05, 0) is 53.5 Å². The number of anilines is 1. The van der Waals surface area contributed by atoms with Crippen LogP contribution in [0.4, 0.5) is 5.69 Å². The van der Waals surface area contributed by atoms with Crippen molar-refractivity contribution < 1.29 is 14.3 Å². The molecule has 1 aliphatic rings. The maximum absolute atomic E-state index is 11.9. The van der Waals surface area contributed by atoms with Crippen LogP contribution < -0.4 is 10.6 Å². The van der Waals surface area contributed by atoms with Crippen LogP contribution in [0.25, 0.3) is 0 Å². The quantitative estimate of drug-likeness (QED) is 0.597. The lowest BCUT2D eigenvalue weighted by molar-refractivity contribution is -0.136. The molecule has 1 fully saturated rings. The highest BCUT2D eigenvalue weighted by Crippen LogP contribution is 2.23. The predicted octanol–water partition coefficient (Wildman–Crippen LogP) is 1.53. The van der Waals surface area contributed by atoms with E-state index in [0.717, 1.165) is 49.3 Å². The van der Waals surface area contributed by atoms with Crippen molar-refractivity contribution in [3.63, 3.8) is 0 Å². The van der Waals surface area contributed by atoms with Gasteiger partial charge in [-0.2, -0.15) is 0 Å². The summed E-state index contributed by atoms with van der Waals surface area (Å²) in [6, 6.07) is 5.53. The summed E-state index contributed by atoms with van der Waals surface area (Å²) in [5, 5.41) is 5.25. The first-order chi connectivity index (χ1) is 11.1. The minimum atomic E-state index is -0.652. The van der Waals surface area contributed by atoms with E-state index in [0.29, 0.717) is 12.2 Å². The second-order valence-electron chi connectivity index (χ2n) is 5.50. The van der Waals surface area contributed by atoms with Gasteiger partial charge in [0.1, 0.15) is 0 Å². The van der Waals surface area contributed by atoms with Crippen molar-refractivity contribution in [3.8, 4) is 0 Å². The molecule has 0 saturated carbocycles. The molecule has 2 rings (SSSR count). The topological polar surface area (TPSA) is 70.7 Å². The van der Waals surface area contributed by atoms with Gasteiger partial charge >= 0.3 is 11.8 Å². The van der Waals surface area contributed by atoms with Crippen molar-refractivity contribution in [1.29, 1.82) is 0 Å². The molecule has 0 radical (unpaired) electrons. The maximum atomic E-state index is 11.9. The number of nitrogens with one attached hydrogen (secondary N) is 2. The molecule has 1 aromatic carbocycles. The number of halogens is 1. The van der Waals surface area contributed by atoms with Crippen LogP contribution in [0.15, 0.2) is 22.7 Å². The highest BCUT2D eigenvalue weighted by atomic mass is 79.9. The first kappa shape index (κ1) is 17.9. The van der Waals surface area contributed by atoms with E-state index in [1.807, 2.05) is 19.1 Å². The number of morpholine rings is 1. The first-order valence-corrected chi connectivity index (χ1v) is 8.51. The van der Waals surface area contributed by atoms with Crippen LogP contribution in [-0.2, 0) is 14.3 Å². The van der Waals surface area contributed by atoms with E-state index in [1.54, 1.807) is 6.07 Å². The molecule has 0 aliphatic carbocycles. The summed E-state index contributed by atoms with van der Waals surface area (Å²) in [7, 11) is 0. The Kier molecular flexibility index (Phi) is 7.01. The molecular weight excluding hydrogens is 362 g/mol. The minimum Gasteiger partial charge on any atom is -0.379 e. The van der Waals surface area contributed by atoms with E-state index < -0.39 is 11.8 Å². The zero-order valence-electron chi connectivity index (χ0n) is 13.2. The van der Waals surface area contributed by atoms with E-state index in [-0.39, 0.29) is 0 Å². The molecule has 2 N–H and O–H groups in total. The summed E-state index contributed by atoms with van der Waals surface area (Å²) in [6.45, 7) is 6.72. The smallest absolute Gasteiger partial charge is 0.313 e. The van der Waals surface area contributed by atoms with Gasteiger partial charge in [0.25, 0.3) is 0 Å². The second kappa shape index (κ2) is 9.00. The van der Waals surface area contributed by atoms with Crippen molar-refractivity contribution in [3.05, 3.63) is 28.2 Å². The largest absolute Gasteiger partial charge is 0.379 e. The number of hydrogen-bond donors (Lipinski definition) is 2. The Labute approximate surface area is 144 Å². The van der Waals surface area contributed by atoms with Crippen LogP contribution >= 0.6 is 15.9 Å². The Balaban J connectivity index is 1.69. The van der Waals surface area contributed by atoms with Gasteiger partial charge in [-0.3, -0.25) is 14.5 Å². The number of amides is 2. The summed E-state index contributed by atoms with van der Waals surface area (Å²) in [6.07, 6.45) is 0.813. The average molecular weight is 384 g/mol. The molecule has 0 atom stereocenters. The Morgan fingerprint density at radius 2 is 2.00 bits per heavy atom. The lowest BCUT2D eigenvalue weighted by Crippen LogP contribution is -2.39. The van der Waals surface area contributed by atoms with E-state index in [4.69, 9.17) is 4.74 Å². The molecule has 2 amide bonds. The highest BCUT2D eigenvalue weighted by molar-refractivity contribution is 9.10. The summed E-state index contributed by atoms with van der Waals surface area (Å²) < 4.78 is 6.04. The third kappa shape index (κ3) is 5.93. The molecule has 7 heteroatoms. The Morgan fingerprint density at radius 3 is 2.70 bits per heavy atom. The van der Waals surface area contributed by atoms with E-state index in [1.165, 1.54) is 0 Å². The minimum absolute atomic E-state index is 0.485. The fourth-order valence-corrected chi connectivity index (χ4v) is 2.90. The first-order valence-electron chi connectivity index (χ1n) is 7.71. The Hall–Kier alpha value is -1.44. The number of aryl methyl sites for hydroxylation is 1. The molecule has 1 aliphatic heterocycles. The van der Waals surface area contributed by atoms with E-state index in [9.17, 15) is 9.59 Å². The van der Waals surface area contributed by atoms with Gasteiger partial charge in [-0.1, -0.05) is 6.07 Å². The molecule has 1 saturated heterocycles. The number of carbonyl (C=O) groups is 2. The monoisotopic (exact) mass is 383 g/mol. The highest BCUT2D eigenvalue weighted by Gasteiger charge is 2.15. The molecule has 6 nitrogen and oxygen atoms in total. The van der Waals surface area contributed by atoms with Gasteiger partial charge in [0.15, 0.2) is 0 Å². The molecule has 1 heterocycles. The van der Waals surface area contributed by atoms with E-state index >= 15 is 0 Å². The van der Waals surface area contributed by atoms with Gasteiger partial charge in [-0.15, -0.1) is 0 Å². The van der Waals surface area contributed by atoms with Crippen LogP contribution in [0.3, 0.4) is 0 Å². The number of carbonyl (C=O) groups excluding carboxylic acids is 2. The van der Waals surface area contributed by atoms with Crippen LogP contribution in [0.5, 0.6) is 0 Å². The third-order valence-corrected chi connectivity index (χ3v) is 4.28. The maximum Gasteiger partial charge on any atom is 0.313 e. The third-order valence-electron chi connectivity index (χ3n) is 3.62. The van der Waals surface area contributed by atoms with E-state index in [2.05, 4.69) is 31.5 Å². The summed E-state index contributed by atoms with van der Waals surface area (Å²) in [5.41, 5.74) is 1.66. The average Bonchev–Trinajstić information content (AvgIpc) is 2.55. The number of nitrogens with zero attached hydrogens (tertiary/aromatic N) is 1. The van der Waals surface area contributed by atoms with Gasteiger partial charge in [-0.25, -0.2) is 0 Å². The molecule has 23 heavy (non-hydrogen) atoms. The summed E-state index contributed by atoms with van der Waals surface area (Å²) in [4.78, 5) is 26.0. The fourth-order valence-electron chi connectivity index (χ4n) is 2.31. The van der Waals surface area contributed by atoms with Crippen molar-refractivity contribution in [2.24, 2.45) is 0 Å². The number of ether oxygens (including phenoxy) is 1. The van der Waals surface area contributed by atoms with Crippen molar-refractivity contribution in [2.75, 3.05) is 44.7 Å². The van der Waals surface area contributed by atoms with Crippen LogP contribution in [0.2, 0.25) is 0 Å². The Bertz CT molecular complexity index is 560. The normalized spacial score (nSPS) is 15.2. The zero-order valence-corrected chi connectivity index (χ0v) is 14.8. The van der Waals surface area contributed by atoms with Gasteiger partial charge in [0.05, 0.1) is 18.9 Å². The molecule has 0 spiro atoms. The van der Waals surface area contributed by atoms with Crippen molar-refractivity contribution >= 4 is 33.4 Å². The second-order valence-corrected chi connectivity index (χ2v) is 6.36. The van der Waals surface area contributed by atoms with Gasteiger partial charge < -0.3 is 15.4 Å². The molecule has 126 valence electrons. The predicted molar refractivity (Wildman–Crippen MR) is 92.4 cm³/mol. The molecule has 0 bridgehead atoms. The zero-order chi connectivity index (χ0) is 16.7.